The number of halogens is 1. The molecule has 4 heteroatoms. The number of rotatable bonds is 4. The summed E-state index contributed by atoms with van der Waals surface area (Å²) in [4.78, 5) is 0. The fourth-order valence-corrected chi connectivity index (χ4v) is 2.86. The SMILES string of the molecule is CC1CCCC(C)N1NC(CN)c1ccccc1F. The minimum absolute atomic E-state index is 0.163. The van der Waals surface area contributed by atoms with Crippen molar-refractivity contribution < 1.29 is 4.39 Å². The zero-order valence-electron chi connectivity index (χ0n) is 11.8. The van der Waals surface area contributed by atoms with Crippen LogP contribution in [0.1, 0.15) is 44.7 Å². The van der Waals surface area contributed by atoms with Crippen molar-refractivity contribution in [2.24, 2.45) is 5.73 Å². The van der Waals surface area contributed by atoms with Crippen molar-refractivity contribution in [3.05, 3.63) is 35.6 Å². The molecule has 2 rings (SSSR count). The first-order valence-corrected chi connectivity index (χ1v) is 7.12. The maximum absolute atomic E-state index is 13.9. The van der Waals surface area contributed by atoms with Crippen LogP contribution in [-0.4, -0.2) is 23.6 Å². The van der Waals surface area contributed by atoms with Gasteiger partial charge in [-0.15, -0.1) is 0 Å². The molecule has 0 bridgehead atoms. The Hall–Kier alpha value is -0.970. The molecule has 0 radical (unpaired) electrons. The number of nitrogens with zero attached hydrogens (tertiary/aromatic N) is 1. The van der Waals surface area contributed by atoms with Crippen molar-refractivity contribution in [1.82, 2.24) is 10.4 Å². The van der Waals surface area contributed by atoms with E-state index in [1.54, 1.807) is 12.1 Å². The molecule has 19 heavy (non-hydrogen) atoms. The average molecular weight is 265 g/mol. The summed E-state index contributed by atoms with van der Waals surface area (Å²) >= 11 is 0. The van der Waals surface area contributed by atoms with Gasteiger partial charge in [-0.25, -0.2) is 14.8 Å². The number of hydrogen-bond acceptors (Lipinski definition) is 3. The van der Waals surface area contributed by atoms with Crippen LogP contribution < -0.4 is 11.2 Å². The summed E-state index contributed by atoms with van der Waals surface area (Å²) in [5.74, 6) is -0.192. The Morgan fingerprint density at radius 3 is 2.53 bits per heavy atom. The van der Waals surface area contributed by atoms with E-state index in [2.05, 4.69) is 24.3 Å². The smallest absolute Gasteiger partial charge is 0.128 e. The normalized spacial score (nSPS) is 26.3. The minimum atomic E-state index is -0.192. The fraction of sp³-hybridized carbons (Fsp3) is 0.600. The zero-order chi connectivity index (χ0) is 13.8. The monoisotopic (exact) mass is 265 g/mol. The first-order valence-electron chi connectivity index (χ1n) is 7.12. The fourth-order valence-electron chi connectivity index (χ4n) is 2.86. The first kappa shape index (κ1) is 14.4. The van der Waals surface area contributed by atoms with Gasteiger partial charge in [-0.1, -0.05) is 24.6 Å². The van der Waals surface area contributed by atoms with Crippen LogP contribution in [0.2, 0.25) is 0 Å². The maximum atomic E-state index is 13.9. The van der Waals surface area contributed by atoms with E-state index in [4.69, 9.17) is 5.73 Å². The molecular formula is C15H24FN3. The molecule has 1 aliphatic rings. The lowest BCUT2D eigenvalue weighted by molar-refractivity contribution is 0.0299. The third-order valence-electron chi connectivity index (χ3n) is 4.01. The van der Waals surface area contributed by atoms with E-state index in [0.717, 1.165) is 0 Å². The van der Waals surface area contributed by atoms with E-state index in [9.17, 15) is 4.39 Å². The third kappa shape index (κ3) is 3.32. The average Bonchev–Trinajstić information content (AvgIpc) is 2.40. The van der Waals surface area contributed by atoms with Gasteiger partial charge in [0.25, 0.3) is 0 Å². The molecule has 1 aromatic rings. The van der Waals surface area contributed by atoms with Crippen LogP contribution in [0.25, 0.3) is 0 Å². The van der Waals surface area contributed by atoms with Crippen LogP contribution in [-0.2, 0) is 0 Å². The van der Waals surface area contributed by atoms with Crippen molar-refractivity contribution in [2.75, 3.05) is 6.54 Å². The van der Waals surface area contributed by atoms with E-state index < -0.39 is 0 Å². The van der Waals surface area contributed by atoms with Crippen molar-refractivity contribution in [3.63, 3.8) is 0 Å². The molecule has 0 amide bonds. The molecule has 1 saturated heterocycles. The number of piperidine rings is 1. The summed E-state index contributed by atoms with van der Waals surface area (Å²) in [6, 6.07) is 7.62. The van der Waals surface area contributed by atoms with Gasteiger partial charge in [0, 0.05) is 24.2 Å². The summed E-state index contributed by atoms with van der Waals surface area (Å²) in [6.45, 7) is 4.80. The Bertz CT molecular complexity index is 400. The van der Waals surface area contributed by atoms with Crippen LogP contribution >= 0.6 is 0 Å². The second kappa shape index (κ2) is 6.46. The Labute approximate surface area is 114 Å². The molecule has 1 heterocycles. The molecule has 106 valence electrons. The number of benzene rings is 1. The van der Waals surface area contributed by atoms with Gasteiger partial charge in [-0.3, -0.25) is 0 Å². The van der Waals surface area contributed by atoms with Gasteiger partial charge < -0.3 is 5.73 Å². The molecule has 3 nitrogen and oxygen atoms in total. The second-order valence-electron chi connectivity index (χ2n) is 5.48. The Morgan fingerprint density at radius 1 is 1.32 bits per heavy atom. The van der Waals surface area contributed by atoms with Crippen molar-refractivity contribution in [1.29, 1.82) is 0 Å². The quantitative estimate of drug-likeness (QED) is 0.879. The van der Waals surface area contributed by atoms with E-state index in [-0.39, 0.29) is 11.9 Å². The topological polar surface area (TPSA) is 41.3 Å². The van der Waals surface area contributed by atoms with Crippen LogP contribution in [0.3, 0.4) is 0 Å². The Balaban J connectivity index is 2.12. The molecule has 0 saturated carbocycles. The molecular weight excluding hydrogens is 241 g/mol. The highest BCUT2D eigenvalue weighted by Crippen LogP contribution is 2.23. The third-order valence-corrected chi connectivity index (χ3v) is 4.01. The van der Waals surface area contributed by atoms with Crippen molar-refractivity contribution in [3.8, 4) is 0 Å². The molecule has 1 fully saturated rings. The number of nitrogens with one attached hydrogen (secondary N) is 1. The van der Waals surface area contributed by atoms with Crippen LogP contribution in [0, 0.1) is 5.82 Å². The largest absolute Gasteiger partial charge is 0.329 e. The van der Waals surface area contributed by atoms with Crippen molar-refractivity contribution in [2.45, 2.75) is 51.2 Å². The van der Waals surface area contributed by atoms with Crippen LogP contribution in [0.4, 0.5) is 4.39 Å². The first-order chi connectivity index (χ1) is 9.13. The highest BCUT2D eigenvalue weighted by atomic mass is 19.1. The van der Waals surface area contributed by atoms with Gasteiger partial charge in [0.2, 0.25) is 0 Å². The van der Waals surface area contributed by atoms with Crippen LogP contribution in [0.15, 0.2) is 24.3 Å². The lowest BCUT2D eigenvalue weighted by Crippen LogP contribution is -2.54. The zero-order valence-corrected chi connectivity index (χ0v) is 11.8. The van der Waals surface area contributed by atoms with Crippen LogP contribution in [0.5, 0.6) is 0 Å². The number of hydrazine groups is 1. The van der Waals surface area contributed by atoms with Gasteiger partial charge in [-0.05, 0) is 32.8 Å². The number of nitrogens with two attached hydrogens (primary N) is 1. The lowest BCUT2D eigenvalue weighted by Gasteiger charge is -2.41. The maximum Gasteiger partial charge on any atom is 0.128 e. The van der Waals surface area contributed by atoms with E-state index >= 15 is 0 Å². The number of hydrogen-bond donors (Lipinski definition) is 2. The predicted octanol–water partition coefficient (Wildman–Crippen LogP) is 2.59. The molecule has 3 unspecified atom stereocenters. The molecule has 3 atom stereocenters. The minimum Gasteiger partial charge on any atom is -0.329 e. The molecule has 0 spiro atoms. The highest BCUT2D eigenvalue weighted by molar-refractivity contribution is 5.21. The summed E-state index contributed by atoms with van der Waals surface area (Å²) < 4.78 is 13.9. The van der Waals surface area contributed by atoms with E-state index in [1.165, 1.54) is 25.3 Å². The summed E-state index contributed by atoms with van der Waals surface area (Å²) in [5.41, 5.74) is 9.90. The molecule has 1 aliphatic heterocycles. The van der Waals surface area contributed by atoms with Crippen molar-refractivity contribution >= 4 is 0 Å². The summed E-state index contributed by atoms with van der Waals surface area (Å²) in [6.07, 6.45) is 3.60. The molecule has 0 aliphatic carbocycles. The second-order valence-corrected chi connectivity index (χ2v) is 5.48. The van der Waals surface area contributed by atoms with E-state index in [0.29, 0.717) is 24.2 Å². The Kier molecular flexibility index (Phi) is 4.91. The van der Waals surface area contributed by atoms with Gasteiger partial charge in [0.1, 0.15) is 5.82 Å². The van der Waals surface area contributed by atoms with Gasteiger partial charge in [-0.2, -0.15) is 0 Å². The summed E-state index contributed by atoms with van der Waals surface area (Å²) in [7, 11) is 0. The molecule has 0 aromatic heterocycles. The summed E-state index contributed by atoms with van der Waals surface area (Å²) in [5, 5.41) is 2.24. The van der Waals surface area contributed by atoms with Gasteiger partial charge in [0.05, 0.1) is 6.04 Å². The highest BCUT2D eigenvalue weighted by Gasteiger charge is 2.27. The van der Waals surface area contributed by atoms with Gasteiger partial charge in [0.15, 0.2) is 0 Å². The predicted molar refractivity (Wildman–Crippen MR) is 75.9 cm³/mol. The molecule has 3 N–H and O–H groups in total. The van der Waals surface area contributed by atoms with E-state index in [1.807, 2.05) is 6.07 Å². The van der Waals surface area contributed by atoms with Gasteiger partial charge >= 0.3 is 0 Å². The molecule has 1 aromatic carbocycles. The standard InChI is InChI=1S/C15H24FN3/c1-11-6-5-7-12(2)19(11)18-15(10-17)13-8-3-4-9-14(13)16/h3-4,8-9,11-12,15,18H,5-7,10,17H2,1-2H3. The Morgan fingerprint density at radius 2 is 1.95 bits per heavy atom. The lowest BCUT2D eigenvalue weighted by atomic mass is 9.99.